The summed E-state index contributed by atoms with van der Waals surface area (Å²) in [5.74, 6) is -0.931. The van der Waals surface area contributed by atoms with Crippen molar-refractivity contribution >= 4 is 34.5 Å². The first kappa shape index (κ1) is 35.2. The summed E-state index contributed by atoms with van der Waals surface area (Å²) in [7, 11) is 0. The predicted octanol–water partition coefficient (Wildman–Crippen LogP) is 3.39. The van der Waals surface area contributed by atoms with Gasteiger partial charge in [-0.3, -0.25) is 29.1 Å². The molecule has 1 atom stereocenters. The number of morpholine rings is 1. The Kier molecular flexibility index (Phi) is 12.5. The van der Waals surface area contributed by atoms with Gasteiger partial charge in [0.2, 0.25) is 11.8 Å². The van der Waals surface area contributed by atoms with Crippen molar-refractivity contribution in [3.63, 3.8) is 0 Å². The molecule has 0 saturated carbocycles. The van der Waals surface area contributed by atoms with Gasteiger partial charge in [-0.1, -0.05) is 38.1 Å². The maximum absolute atomic E-state index is 13.2. The Bertz CT molecular complexity index is 1730. The lowest BCUT2D eigenvalue weighted by Crippen LogP contribution is -2.49. The van der Waals surface area contributed by atoms with E-state index in [4.69, 9.17) is 13.9 Å². The molecule has 0 bridgehead atoms. The van der Waals surface area contributed by atoms with E-state index < -0.39 is 17.9 Å². The van der Waals surface area contributed by atoms with E-state index in [0.29, 0.717) is 29.7 Å². The van der Waals surface area contributed by atoms with Crippen LogP contribution in [0.2, 0.25) is 0 Å². The van der Waals surface area contributed by atoms with Crippen LogP contribution in [0.25, 0.3) is 22.2 Å². The fourth-order valence-electron chi connectivity index (χ4n) is 5.46. The Morgan fingerprint density at radius 3 is 2.53 bits per heavy atom. The topological polar surface area (TPSA) is 152 Å². The minimum absolute atomic E-state index is 0.0615. The number of benzene rings is 2. The van der Waals surface area contributed by atoms with Gasteiger partial charge in [0.25, 0.3) is 5.91 Å². The summed E-state index contributed by atoms with van der Waals surface area (Å²) in [5.41, 5.74) is 2.99. The van der Waals surface area contributed by atoms with Crippen LogP contribution in [-0.2, 0) is 25.5 Å². The van der Waals surface area contributed by atoms with Crippen LogP contribution in [0.4, 0.5) is 0 Å². The van der Waals surface area contributed by atoms with Gasteiger partial charge in [-0.15, -0.1) is 0 Å². The number of ketones is 1. The minimum atomic E-state index is -0.895. The number of ether oxygens (including phenoxy) is 2. The molecule has 2 aromatic heterocycles. The van der Waals surface area contributed by atoms with E-state index >= 15 is 0 Å². The molecule has 1 aliphatic rings. The molecule has 49 heavy (non-hydrogen) atoms. The molecule has 1 aliphatic heterocycles. The maximum atomic E-state index is 13.2. The van der Waals surface area contributed by atoms with Crippen molar-refractivity contribution in [1.29, 1.82) is 0 Å². The van der Waals surface area contributed by atoms with Gasteiger partial charge < -0.3 is 29.8 Å². The molecule has 258 valence electrons. The zero-order valence-corrected chi connectivity index (χ0v) is 27.9. The predicted molar refractivity (Wildman–Crippen MR) is 184 cm³/mol. The summed E-state index contributed by atoms with van der Waals surface area (Å²) < 4.78 is 17.1. The molecule has 4 aromatic rings. The number of amides is 3. The zero-order chi connectivity index (χ0) is 34.6. The molecule has 0 spiro atoms. The Morgan fingerprint density at radius 1 is 0.939 bits per heavy atom. The molecule has 3 heterocycles. The second-order valence-electron chi connectivity index (χ2n) is 12.4. The van der Waals surface area contributed by atoms with Gasteiger partial charge in [0.05, 0.1) is 38.4 Å². The molecule has 0 aliphatic carbocycles. The molecule has 3 amide bonds. The highest BCUT2D eigenvalue weighted by Crippen LogP contribution is 2.25. The van der Waals surface area contributed by atoms with Crippen LogP contribution < -0.4 is 20.7 Å². The molecule has 2 aromatic carbocycles. The van der Waals surface area contributed by atoms with Crippen LogP contribution in [-0.4, -0.2) is 92.0 Å². The average molecular weight is 670 g/mol. The van der Waals surface area contributed by atoms with Crippen molar-refractivity contribution in [2.75, 3.05) is 52.5 Å². The van der Waals surface area contributed by atoms with Crippen LogP contribution in [0.1, 0.15) is 36.4 Å². The summed E-state index contributed by atoms with van der Waals surface area (Å²) in [6.45, 7) is 7.89. The second kappa shape index (κ2) is 17.4. The highest BCUT2D eigenvalue weighted by Gasteiger charge is 2.25. The average Bonchev–Trinajstić information content (AvgIpc) is 3.54. The Morgan fingerprint density at radius 2 is 1.76 bits per heavy atom. The number of carbonyl (C=O) groups excluding carboxylic acids is 4. The first-order chi connectivity index (χ1) is 23.7. The van der Waals surface area contributed by atoms with E-state index in [2.05, 4.69) is 25.8 Å². The first-order valence-electron chi connectivity index (χ1n) is 16.6. The molecular formula is C37H43N5O7. The molecule has 5 rings (SSSR count). The van der Waals surface area contributed by atoms with Crippen LogP contribution in [0, 0.1) is 5.92 Å². The molecule has 0 radical (unpaired) electrons. The number of hydrogen-bond acceptors (Lipinski definition) is 9. The standard InChI is InChI=1S/C37H43N5O7/c1-25(2)18-32(41-37(46)34-22-28-21-30(9-10-33(28)49-34)48-17-14-42-12-15-47-16-13-42)36(45)40-24-29(43)23-39-35(44)20-26-6-5-7-27(19-26)31-8-3-4-11-38-31/h3-11,19,21-22,25,32H,12-18,20,23-24H2,1-2H3,(H,39,44)(H,40,45)(H,41,46). The fraction of sp³-hybridized carbons (Fsp3) is 0.378. The lowest BCUT2D eigenvalue weighted by molar-refractivity contribution is -0.127. The Labute approximate surface area is 285 Å². The molecule has 12 heteroatoms. The van der Waals surface area contributed by atoms with E-state index in [9.17, 15) is 19.2 Å². The number of fused-ring (bicyclic) bond motifs is 1. The van der Waals surface area contributed by atoms with E-state index in [1.165, 1.54) is 0 Å². The number of carbonyl (C=O) groups is 4. The van der Waals surface area contributed by atoms with Gasteiger partial charge in [-0.05, 0) is 60.4 Å². The smallest absolute Gasteiger partial charge is 0.287 e. The van der Waals surface area contributed by atoms with E-state index in [-0.39, 0.29) is 42.9 Å². The zero-order valence-electron chi connectivity index (χ0n) is 27.9. The molecule has 1 unspecified atom stereocenters. The fourth-order valence-corrected chi connectivity index (χ4v) is 5.46. The summed E-state index contributed by atoms with van der Waals surface area (Å²) in [5, 5.41) is 8.67. The molecule has 1 saturated heterocycles. The normalized spacial score (nSPS) is 13.9. The van der Waals surface area contributed by atoms with Crippen LogP contribution >= 0.6 is 0 Å². The summed E-state index contributed by atoms with van der Waals surface area (Å²) in [4.78, 5) is 58.0. The number of hydrogen-bond donors (Lipinski definition) is 3. The number of rotatable bonds is 16. The van der Waals surface area contributed by atoms with Gasteiger partial charge in [-0.25, -0.2) is 0 Å². The monoisotopic (exact) mass is 669 g/mol. The summed E-state index contributed by atoms with van der Waals surface area (Å²) in [6, 6.07) is 19.2. The Balaban J connectivity index is 1.08. The number of nitrogens with zero attached hydrogens (tertiary/aromatic N) is 2. The third kappa shape index (κ3) is 10.7. The molecule has 12 nitrogen and oxygen atoms in total. The van der Waals surface area contributed by atoms with Crippen molar-refractivity contribution in [1.82, 2.24) is 25.8 Å². The second-order valence-corrected chi connectivity index (χ2v) is 12.4. The number of furan rings is 1. The van der Waals surface area contributed by atoms with Crippen LogP contribution in [0.5, 0.6) is 5.75 Å². The van der Waals surface area contributed by atoms with Crippen molar-refractivity contribution in [3.8, 4) is 17.0 Å². The first-order valence-corrected chi connectivity index (χ1v) is 16.6. The van der Waals surface area contributed by atoms with Gasteiger partial charge in [0, 0.05) is 36.8 Å². The molecular weight excluding hydrogens is 626 g/mol. The lowest BCUT2D eigenvalue weighted by Gasteiger charge is -2.26. The van der Waals surface area contributed by atoms with Crippen molar-refractivity contribution in [3.05, 3.63) is 84.3 Å². The summed E-state index contributed by atoms with van der Waals surface area (Å²) >= 11 is 0. The van der Waals surface area contributed by atoms with Gasteiger partial charge >= 0.3 is 0 Å². The number of aromatic nitrogens is 1. The van der Waals surface area contributed by atoms with E-state index in [1.54, 1.807) is 24.4 Å². The van der Waals surface area contributed by atoms with Gasteiger partial charge in [0.15, 0.2) is 11.5 Å². The minimum Gasteiger partial charge on any atom is -0.492 e. The third-order valence-corrected chi connectivity index (χ3v) is 8.02. The highest BCUT2D eigenvalue weighted by atomic mass is 16.5. The lowest BCUT2D eigenvalue weighted by atomic mass is 10.0. The van der Waals surface area contributed by atoms with Crippen molar-refractivity contribution in [2.45, 2.75) is 32.7 Å². The van der Waals surface area contributed by atoms with Crippen LogP contribution in [0.3, 0.4) is 0 Å². The highest BCUT2D eigenvalue weighted by molar-refractivity contribution is 5.99. The Hall–Kier alpha value is -5.07. The largest absolute Gasteiger partial charge is 0.492 e. The molecule has 1 fully saturated rings. The number of nitrogens with one attached hydrogen (secondary N) is 3. The van der Waals surface area contributed by atoms with E-state index in [1.807, 2.05) is 62.4 Å². The van der Waals surface area contributed by atoms with Gasteiger partial charge in [0.1, 0.15) is 24.0 Å². The summed E-state index contributed by atoms with van der Waals surface area (Å²) in [6.07, 6.45) is 2.15. The third-order valence-electron chi connectivity index (χ3n) is 8.02. The van der Waals surface area contributed by atoms with Crippen LogP contribution in [0.15, 0.2) is 77.3 Å². The number of pyridine rings is 1. The van der Waals surface area contributed by atoms with Crippen molar-refractivity contribution < 1.29 is 33.1 Å². The SMILES string of the molecule is CC(C)CC(NC(=O)c1cc2cc(OCCN3CCOCC3)ccc2o1)C(=O)NCC(=O)CNC(=O)Cc1cccc(-c2ccccn2)c1. The number of Topliss-reactive ketones (excluding diaryl/α,β-unsaturated/α-hetero) is 1. The quantitative estimate of drug-likeness (QED) is 0.163. The maximum Gasteiger partial charge on any atom is 0.287 e. The van der Waals surface area contributed by atoms with Gasteiger partial charge in [-0.2, -0.15) is 0 Å². The molecule has 3 N–H and O–H groups in total. The van der Waals surface area contributed by atoms with Crippen molar-refractivity contribution in [2.24, 2.45) is 5.92 Å². The van der Waals surface area contributed by atoms with E-state index in [0.717, 1.165) is 49.7 Å².